The van der Waals surface area contributed by atoms with E-state index in [2.05, 4.69) is 31.2 Å². The van der Waals surface area contributed by atoms with Crippen LogP contribution in [0.15, 0.2) is 60.9 Å². The van der Waals surface area contributed by atoms with Crippen molar-refractivity contribution < 1.29 is 81.2 Å². The molecule has 1 fully saturated rings. The fourth-order valence-electron chi connectivity index (χ4n) is 11.1. The van der Waals surface area contributed by atoms with Crippen molar-refractivity contribution in [1.29, 1.82) is 0 Å². The number of H-pyrrole nitrogens is 1. The summed E-state index contributed by atoms with van der Waals surface area (Å²) in [5, 5.41) is 11.6. The number of anilines is 1. The Morgan fingerprint density at radius 1 is 0.569 bits per heavy atom. The fourth-order valence-corrected chi connectivity index (χ4v) is 11.1. The molecule has 5 amide bonds. The van der Waals surface area contributed by atoms with Crippen LogP contribution in [0.3, 0.4) is 0 Å². The third-order valence-electron chi connectivity index (χ3n) is 15.6. The predicted molar refractivity (Wildman–Crippen MR) is 379 cm³/mol. The molecule has 1 unspecified atom stereocenters. The van der Waals surface area contributed by atoms with Crippen LogP contribution < -0.4 is 21.3 Å². The highest BCUT2D eigenvalue weighted by Gasteiger charge is 2.35. The lowest BCUT2D eigenvalue weighted by Gasteiger charge is -2.34. The first-order valence-electron chi connectivity index (χ1n) is 35.0. The highest BCUT2D eigenvalue weighted by molar-refractivity contribution is 5.96. The van der Waals surface area contributed by atoms with Crippen LogP contribution in [-0.4, -0.2) is 250 Å². The van der Waals surface area contributed by atoms with Crippen LogP contribution in [0.25, 0.3) is 0 Å². The maximum Gasteiger partial charge on any atom is 0.320 e. The van der Waals surface area contributed by atoms with Crippen molar-refractivity contribution in [2.24, 2.45) is 0 Å². The summed E-state index contributed by atoms with van der Waals surface area (Å²) in [5.41, 5.74) is -1.81. The molecule has 5 N–H and O–H groups in total. The van der Waals surface area contributed by atoms with Crippen LogP contribution in [-0.2, 0) is 96.0 Å². The van der Waals surface area contributed by atoms with E-state index < -0.39 is 106 Å². The number of benzene rings is 2. The molecule has 3 atom stereocenters. The van der Waals surface area contributed by atoms with Crippen molar-refractivity contribution in [1.82, 2.24) is 55.3 Å². The van der Waals surface area contributed by atoms with E-state index in [4.69, 9.17) is 28.4 Å². The van der Waals surface area contributed by atoms with E-state index in [0.717, 1.165) is 5.56 Å². The molecule has 102 heavy (non-hydrogen) atoms. The number of rotatable bonds is 29. The quantitative estimate of drug-likeness (QED) is 0.0350. The van der Waals surface area contributed by atoms with E-state index in [9.17, 15) is 52.7 Å². The molecule has 0 radical (unpaired) electrons. The Hall–Kier alpha value is -8.54. The summed E-state index contributed by atoms with van der Waals surface area (Å²) < 4.78 is 33.3. The first-order valence-corrected chi connectivity index (χ1v) is 35.0. The lowest BCUT2D eigenvalue weighted by Crippen LogP contribution is -2.55. The summed E-state index contributed by atoms with van der Waals surface area (Å²) in [5.74, 6) is -5.83. The summed E-state index contributed by atoms with van der Waals surface area (Å²) in [6.07, 6.45) is 1.88. The smallest absolute Gasteiger partial charge is 0.320 e. The molecule has 2 aliphatic rings. The third kappa shape index (κ3) is 32.6. The van der Waals surface area contributed by atoms with Crippen LogP contribution in [0, 0.1) is 0 Å². The molecular formula is C73H112N12O17. The Morgan fingerprint density at radius 2 is 1.03 bits per heavy atom. The topological polar surface area (TPSA) is 339 Å². The molecule has 29 heteroatoms. The molecule has 1 aromatic heterocycles. The highest BCUT2D eigenvalue weighted by atomic mass is 16.6. The summed E-state index contributed by atoms with van der Waals surface area (Å²) >= 11 is 0. The number of esters is 6. The van der Waals surface area contributed by atoms with Crippen LogP contribution in [0.4, 0.5) is 5.69 Å². The number of aromatic amines is 1. The Labute approximate surface area is 600 Å². The van der Waals surface area contributed by atoms with Gasteiger partial charge in [-0.15, -0.1) is 0 Å². The van der Waals surface area contributed by atoms with Crippen molar-refractivity contribution in [3.05, 3.63) is 83.4 Å². The van der Waals surface area contributed by atoms with Crippen LogP contribution in [0.2, 0.25) is 0 Å². The normalized spacial score (nSPS) is 16.4. The first-order chi connectivity index (χ1) is 47.6. The van der Waals surface area contributed by atoms with Crippen LogP contribution in [0.5, 0.6) is 0 Å². The fraction of sp³-hybridized carbons (Fsp3) is 0.644. The van der Waals surface area contributed by atoms with Crippen LogP contribution >= 0.6 is 0 Å². The Kier molecular flexibility index (Phi) is 31.9. The van der Waals surface area contributed by atoms with Gasteiger partial charge in [0, 0.05) is 115 Å². The Bertz CT molecular complexity index is 3250. The molecule has 0 aliphatic carbocycles. The number of hydrogen-bond donors (Lipinski definition) is 5. The first kappa shape index (κ1) is 84.1. The average Bonchev–Trinajstić information content (AvgIpc) is 1.60. The van der Waals surface area contributed by atoms with Gasteiger partial charge in [-0.2, -0.15) is 0 Å². The molecule has 29 nitrogen and oxygen atoms in total. The van der Waals surface area contributed by atoms with Crippen molar-refractivity contribution in [3.8, 4) is 0 Å². The summed E-state index contributed by atoms with van der Waals surface area (Å²) in [7, 11) is 1.22. The second-order valence-corrected chi connectivity index (χ2v) is 30.7. The number of nitrogens with zero attached hydrogens (tertiary/aromatic N) is 7. The lowest BCUT2D eigenvalue weighted by atomic mass is 10.1. The molecule has 2 aromatic carbocycles. The Morgan fingerprint density at radius 3 is 1.48 bits per heavy atom. The standard InChI is InChI=1S/C73H112N12O17/c1-69(2,3)98-59(87)27-25-54(65(93)76-29-20-32-84-44-52-41-51(23-24-53(52)77-56(68(84)96)42-61(89)97-16)67(95)85(45-57-74-30-31-75-57)43-50-21-18-17-19-22-50)79-66(94)55(26-28-60(88)99-70(4,5)6)78-58(86)46-80-33-35-81(47-62(90)100-71(7,8)9)37-39-83(49-64(92)102-73(13,14)15)40-38-82(36-34-80)48-63(91)101-72(10,11)12/h17-19,21-24,30-31,41,54-56,77H,20,25-29,32-40,42-49H2,1-16H3,(H,74,75)(H,76,93)(H,78,86)(H,79,94)/t54-,55-,56?/m0/s1. The molecule has 5 rings (SSSR count). The summed E-state index contributed by atoms with van der Waals surface area (Å²) in [4.78, 5) is 170. The monoisotopic (exact) mass is 1430 g/mol. The third-order valence-corrected chi connectivity index (χ3v) is 15.6. The van der Waals surface area contributed by atoms with E-state index in [0.29, 0.717) is 35.7 Å². The van der Waals surface area contributed by atoms with Gasteiger partial charge in [-0.1, -0.05) is 30.3 Å². The van der Waals surface area contributed by atoms with E-state index >= 15 is 0 Å². The van der Waals surface area contributed by atoms with Crippen molar-refractivity contribution in [3.63, 3.8) is 0 Å². The van der Waals surface area contributed by atoms with Gasteiger partial charge in [0.15, 0.2) is 0 Å². The molecular weight excluding hydrogens is 1320 g/mol. The second kappa shape index (κ2) is 38.6. The maximum absolute atomic E-state index is 14.8. The number of ether oxygens (including phenoxy) is 6. The number of carbonyl (C=O) groups is 11. The minimum absolute atomic E-state index is 0.00415. The van der Waals surface area contributed by atoms with Gasteiger partial charge in [0.05, 0.1) is 46.3 Å². The SMILES string of the molecule is COC(=O)CC1Nc2ccc(C(=O)N(Cc3ccccc3)Cc3ncc[nH]3)cc2CN(CCCNC(=O)[C@H](CCC(=O)OC(C)(C)C)NC(=O)[C@H](CCC(=O)OC(C)(C)C)NC(=O)CN2CCN(CC(=O)OC(C)(C)C)CCN(CC(=O)OC(C)(C)C)CCN(CC(=O)OC(C)(C)C)CC2)C1=O. The minimum atomic E-state index is -1.46. The van der Waals surface area contributed by atoms with E-state index in [1.165, 1.54) is 12.0 Å². The number of amides is 5. The number of aromatic nitrogens is 2. The molecule has 0 spiro atoms. The number of fused-ring (bicyclic) bond motifs is 1. The zero-order valence-electron chi connectivity index (χ0n) is 62.8. The molecule has 0 bridgehead atoms. The lowest BCUT2D eigenvalue weighted by molar-refractivity contribution is -0.158. The van der Waals surface area contributed by atoms with Crippen molar-refractivity contribution in [2.45, 2.75) is 208 Å². The molecule has 3 aromatic rings. The van der Waals surface area contributed by atoms with E-state index in [1.807, 2.05) is 45.0 Å². The molecule has 3 heterocycles. The number of methoxy groups -OCH3 is 1. The van der Waals surface area contributed by atoms with Gasteiger partial charge in [0.25, 0.3) is 5.91 Å². The summed E-state index contributed by atoms with van der Waals surface area (Å²) in [6, 6.07) is 10.6. The highest BCUT2D eigenvalue weighted by Crippen LogP contribution is 2.28. The minimum Gasteiger partial charge on any atom is -0.469 e. The van der Waals surface area contributed by atoms with Gasteiger partial charge in [0.2, 0.25) is 23.6 Å². The van der Waals surface area contributed by atoms with Crippen molar-refractivity contribution in [2.75, 3.05) is 104 Å². The zero-order valence-corrected chi connectivity index (χ0v) is 62.8. The second-order valence-electron chi connectivity index (χ2n) is 30.7. The van der Waals surface area contributed by atoms with Gasteiger partial charge in [0.1, 0.15) is 52.0 Å². The van der Waals surface area contributed by atoms with Crippen LogP contribution in [0.1, 0.15) is 170 Å². The number of carbonyl (C=O) groups excluding carboxylic acids is 11. The van der Waals surface area contributed by atoms with Crippen molar-refractivity contribution >= 4 is 71.0 Å². The van der Waals surface area contributed by atoms with Gasteiger partial charge in [-0.3, -0.25) is 72.3 Å². The van der Waals surface area contributed by atoms with Gasteiger partial charge < -0.3 is 64.5 Å². The van der Waals surface area contributed by atoms with Gasteiger partial charge in [-0.05, 0) is 152 Å². The average molecular weight is 1430 g/mol. The summed E-state index contributed by atoms with van der Waals surface area (Å²) in [6.45, 7) is 27.7. The van der Waals surface area contributed by atoms with Gasteiger partial charge in [-0.25, -0.2) is 4.98 Å². The van der Waals surface area contributed by atoms with Gasteiger partial charge >= 0.3 is 35.8 Å². The molecule has 2 aliphatic heterocycles. The maximum atomic E-state index is 14.8. The largest absolute Gasteiger partial charge is 0.469 e. The predicted octanol–water partition coefficient (Wildman–Crippen LogP) is 4.90. The number of hydrogen-bond acceptors (Lipinski definition) is 23. The molecule has 1 saturated heterocycles. The number of imidazole rings is 1. The molecule has 566 valence electrons. The zero-order chi connectivity index (χ0) is 75.8. The van der Waals surface area contributed by atoms with E-state index in [1.54, 1.807) is 144 Å². The molecule has 0 saturated carbocycles. The van der Waals surface area contributed by atoms with E-state index in [-0.39, 0.29) is 143 Å². The number of nitrogens with one attached hydrogen (secondary N) is 5. The Balaban J connectivity index is 1.40.